The fourth-order valence-corrected chi connectivity index (χ4v) is 3.10. The number of allylic oxidation sites excluding steroid dienone is 2. The summed E-state index contributed by atoms with van der Waals surface area (Å²) < 4.78 is 0. The zero-order valence-electron chi connectivity index (χ0n) is 10.8. The summed E-state index contributed by atoms with van der Waals surface area (Å²) in [6.45, 7) is 8.49. The van der Waals surface area contributed by atoms with E-state index in [4.69, 9.17) is 0 Å². The van der Waals surface area contributed by atoms with Crippen LogP contribution in [0.4, 0.5) is 0 Å². The van der Waals surface area contributed by atoms with Crippen LogP contribution in [0.1, 0.15) is 39.5 Å². The highest BCUT2D eigenvalue weighted by atomic mass is 16.3. The summed E-state index contributed by atoms with van der Waals surface area (Å²) in [7, 11) is 0. The molecule has 1 fully saturated rings. The van der Waals surface area contributed by atoms with Crippen LogP contribution < -0.4 is 0 Å². The summed E-state index contributed by atoms with van der Waals surface area (Å²) in [5.41, 5.74) is 2.09. The third-order valence-electron chi connectivity index (χ3n) is 4.64. The largest absolute Gasteiger partial charge is 0.389 e. The lowest BCUT2D eigenvalue weighted by Gasteiger charge is -2.15. The minimum Gasteiger partial charge on any atom is -0.389 e. The molecule has 0 aliphatic heterocycles. The van der Waals surface area contributed by atoms with Crippen LogP contribution >= 0.6 is 0 Å². The summed E-state index contributed by atoms with van der Waals surface area (Å²) >= 11 is 0. The molecular formula is C15H22O2. The smallest absolute Gasteiger partial charge is 0.145 e. The Kier molecular flexibility index (Phi) is 3.26. The second-order valence-electron chi connectivity index (χ2n) is 6.06. The predicted molar refractivity (Wildman–Crippen MR) is 68.5 cm³/mol. The minimum atomic E-state index is -0.447. The highest BCUT2D eigenvalue weighted by molar-refractivity contribution is 5.73. The van der Waals surface area contributed by atoms with Gasteiger partial charge in [0.15, 0.2) is 0 Å². The molecule has 17 heavy (non-hydrogen) atoms. The Morgan fingerprint density at radius 3 is 2.76 bits per heavy atom. The number of aliphatic hydroxyl groups excluding tert-OH is 1. The summed E-state index contributed by atoms with van der Waals surface area (Å²) in [6, 6.07) is 0. The van der Waals surface area contributed by atoms with Gasteiger partial charge in [-0.2, -0.15) is 0 Å². The van der Waals surface area contributed by atoms with Crippen molar-refractivity contribution in [3.8, 4) is 0 Å². The Morgan fingerprint density at radius 1 is 1.41 bits per heavy atom. The van der Waals surface area contributed by atoms with Gasteiger partial charge in [0, 0.05) is 0 Å². The van der Waals surface area contributed by atoms with Crippen molar-refractivity contribution >= 4 is 6.29 Å². The first-order valence-electron chi connectivity index (χ1n) is 6.48. The van der Waals surface area contributed by atoms with Gasteiger partial charge in [-0.15, -0.1) is 0 Å². The number of hydrogen-bond donors (Lipinski definition) is 1. The molecule has 94 valence electrons. The number of carbonyl (C=O) groups excluding carboxylic acids is 1. The molecule has 2 aliphatic carbocycles. The summed E-state index contributed by atoms with van der Waals surface area (Å²) in [6.07, 6.45) is 5.93. The van der Waals surface area contributed by atoms with Gasteiger partial charge >= 0.3 is 0 Å². The van der Waals surface area contributed by atoms with Gasteiger partial charge < -0.3 is 5.11 Å². The first-order chi connectivity index (χ1) is 7.96. The van der Waals surface area contributed by atoms with Gasteiger partial charge in [-0.25, -0.2) is 0 Å². The van der Waals surface area contributed by atoms with Crippen LogP contribution in [0.3, 0.4) is 0 Å². The maximum atomic E-state index is 11.0. The van der Waals surface area contributed by atoms with Crippen LogP contribution in [0.15, 0.2) is 23.8 Å². The summed E-state index contributed by atoms with van der Waals surface area (Å²) in [4.78, 5) is 11.0. The van der Waals surface area contributed by atoms with Crippen LogP contribution in [0.2, 0.25) is 0 Å². The maximum absolute atomic E-state index is 11.0. The van der Waals surface area contributed by atoms with E-state index in [1.807, 2.05) is 0 Å². The van der Waals surface area contributed by atoms with Crippen molar-refractivity contribution in [2.45, 2.75) is 45.6 Å². The lowest BCUT2D eigenvalue weighted by molar-refractivity contribution is -0.105. The molecule has 0 unspecified atom stereocenters. The molecule has 0 aromatic carbocycles. The minimum absolute atomic E-state index is 0.309. The van der Waals surface area contributed by atoms with Crippen molar-refractivity contribution < 1.29 is 9.90 Å². The van der Waals surface area contributed by atoms with Crippen LogP contribution in [-0.2, 0) is 4.79 Å². The lowest BCUT2D eigenvalue weighted by atomic mass is 9.96. The zero-order valence-corrected chi connectivity index (χ0v) is 10.8. The molecule has 0 saturated heterocycles. The third kappa shape index (κ3) is 2.37. The van der Waals surface area contributed by atoms with Gasteiger partial charge in [0.1, 0.15) is 6.29 Å². The number of rotatable bonds is 1. The topological polar surface area (TPSA) is 37.3 Å². The van der Waals surface area contributed by atoms with Crippen LogP contribution in [0.5, 0.6) is 0 Å². The quantitative estimate of drug-likeness (QED) is 0.559. The van der Waals surface area contributed by atoms with Crippen LogP contribution in [0, 0.1) is 17.3 Å². The Hall–Kier alpha value is -0.890. The molecule has 2 nitrogen and oxygen atoms in total. The van der Waals surface area contributed by atoms with Crippen molar-refractivity contribution in [2.75, 3.05) is 0 Å². The van der Waals surface area contributed by atoms with Crippen molar-refractivity contribution in [1.82, 2.24) is 0 Å². The third-order valence-corrected chi connectivity index (χ3v) is 4.64. The molecular weight excluding hydrogens is 212 g/mol. The summed E-state index contributed by atoms with van der Waals surface area (Å²) in [5.74, 6) is 1.17. The first kappa shape index (κ1) is 12.6. The average Bonchev–Trinajstić information content (AvgIpc) is 2.81. The number of carbonyl (C=O) groups is 1. The number of aliphatic hydroxyl groups is 1. The molecule has 0 radical (unpaired) electrons. The van der Waals surface area contributed by atoms with E-state index in [-0.39, 0.29) is 0 Å². The normalized spacial score (nSPS) is 36.8. The van der Waals surface area contributed by atoms with E-state index in [1.165, 1.54) is 0 Å². The second-order valence-corrected chi connectivity index (χ2v) is 6.06. The molecule has 0 aromatic heterocycles. The Morgan fingerprint density at radius 2 is 2.12 bits per heavy atom. The van der Waals surface area contributed by atoms with Crippen molar-refractivity contribution in [1.29, 1.82) is 0 Å². The predicted octanol–water partition coefficient (Wildman–Crippen LogP) is 2.88. The molecule has 0 aromatic rings. The zero-order chi connectivity index (χ0) is 12.6. The van der Waals surface area contributed by atoms with Crippen LogP contribution in [-0.4, -0.2) is 17.5 Å². The molecule has 1 saturated carbocycles. The van der Waals surface area contributed by atoms with E-state index in [2.05, 4.69) is 26.5 Å². The molecule has 2 heteroatoms. The number of aldehydes is 1. The van der Waals surface area contributed by atoms with Crippen molar-refractivity contribution in [2.24, 2.45) is 17.3 Å². The van der Waals surface area contributed by atoms with Gasteiger partial charge in [-0.3, -0.25) is 4.79 Å². The van der Waals surface area contributed by atoms with E-state index in [1.54, 1.807) is 0 Å². The summed E-state index contributed by atoms with van der Waals surface area (Å²) in [5, 5.41) is 9.90. The SMILES string of the molecule is C=C1CC[C@H]2[C@@H](C=C(C=O)CC[C@@H]1O)C2(C)C. The molecule has 2 aliphatic rings. The van der Waals surface area contributed by atoms with Gasteiger partial charge in [0.25, 0.3) is 0 Å². The van der Waals surface area contributed by atoms with Gasteiger partial charge in [0.05, 0.1) is 6.10 Å². The van der Waals surface area contributed by atoms with E-state index in [0.717, 1.165) is 30.3 Å². The Bertz CT molecular complexity index is 365. The van der Waals surface area contributed by atoms with Gasteiger partial charge in [-0.1, -0.05) is 26.5 Å². The first-order valence-corrected chi connectivity index (χ1v) is 6.48. The van der Waals surface area contributed by atoms with Crippen LogP contribution in [0.25, 0.3) is 0 Å². The highest BCUT2D eigenvalue weighted by Crippen LogP contribution is 2.61. The molecule has 0 heterocycles. The fraction of sp³-hybridized carbons (Fsp3) is 0.667. The molecule has 0 amide bonds. The monoisotopic (exact) mass is 234 g/mol. The fourth-order valence-electron chi connectivity index (χ4n) is 3.10. The molecule has 2 rings (SSSR count). The molecule has 3 atom stereocenters. The highest BCUT2D eigenvalue weighted by Gasteiger charge is 2.55. The average molecular weight is 234 g/mol. The standard InChI is InChI=1S/C15H22O2/c1-10-4-6-12-13(15(12,2)3)8-11(9-16)5-7-14(10)17/h8-9,12-14,17H,1,4-7H2,2-3H3/t12-,13+,14-/m0/s1. The maximum Gasteiger partial charge on any atom is 0.145 e. The van der Waals surface area contributed by atoms with Crippen molar-refractivity contribution in [3.63, 3.8) is 0 Å². The molecule has 1 N–H and O–H groups in total. The lowest BCUT2D eigenvalue weighted by Crippen LogP contribution is -2.11. The van der Waals surface area contributed by atoms with E-state index in [9.17, 15) is 9.90 Å². The Labute approximate surface area is 103 Å². The number of hydrogen-bond acceptors (Lipinski definition) is 2. The van der Waals surface area contributed by atoms with Crippen molar-refractivity contribution in [3.05, 3.63) is 23.8 Å². The Balaban J connectivity index is 2.18. The molecule has 0 bridgehead atoms. The molecule has 0 spiro atoms. The van der Waals surface area contributed by atoms with E-state index < -0.39 is 6.10 Å². The van der Waals surface area contributed by atoms with E-state index in [0.29, 0.717) is 30.1 Å². The van der Waals surface area contributed by atoms with Gasteiger partial charge in [0.2, 0.25) is 0 Å². The van der Waals surface area contributed by atoms with Gasteiger partial charge in [-0.05, 0) is 54.1 Å². The van der Waals surface area contributed by atoms with E-state index >= 15 is 0 Å². The second kappa shape index (κ2) is 4.41. The number of fused-ring (bicyclic) bond motifs is 1.